The standard InChI is InChI=1S/C24H14N2O2/c1-3-11-19-15(7-1)21(17-9-5-13-25-23(17)27-19)22-16-8-2-4-12-20(16)28-24-18(22)10-6-14-26-24/h1-14H/b22-21+. The lowest BCUT2D eigenvalue weighted by Crippen LogP contribution is -2.10. The summed E-state index contributed by atoms with van der Waals surface area (Å²) in [4.78, 5) is 8.94. The van der Waals surface area contributed by atoms with Crippen molar-refractivity contribution >= 4 is 11.1 Å². The molecule has 6 rings (SSSR count). The fourth-order valence-electron chi connectivity index (χ4n) is 3.89. The number of aromatic nitrogens is 2. The zero-order valence-corrected chi connectivity index (χ0v) is 14.8. The molecule has 4 aromatic rings. The molecular formula is C24H14N2O2. The van der Waals surface area contributed by atoms with E-state index in [-0.39, 0.29) is 0 Å². The molecule has 0 N–H and O–H groups in total. The molecule has 0 fully saturated rings. The van der Waals surface area contributed by atoms with Crippen molar-refractivity contribution in [3.63, 3.8) is 0 Å². The van der Waals surface area contributed by atoms with Crippen molar-refractivity contribution in [1.29, 1.82) is 0 Å². The fourth-order valence-corrected chi connectivity index (χ4v) is 3.89. The summed E-state index contributed by atoms with van der Waals surface area (Å²) in [5, 5.41) is 0. The Bertz CT molecular complexity index is 1080. The molecule has 0 atom stereocenters. The predicted molar refractivity (Wildman–Crippen MR) is 107 cm³/mol. The molecule has 2 aromatic heterocycles. The fraction of sp³-hybridized carbons (Fsp3) is 0. The molecule has 0 saturated heterocycles. The predicted octanol–water partition coefficient (Wildman–Crippen LogP) is 5.70. The van der Waals surface area contributed by atoms with Crippen LogP contribution >= 0.6 is 0 Å². The first-order chi connectivity index (χ1) is 13.9. The van der Waals surface area contributed by atoms with Gasteiger partial charge in [0.1, 0.15) is 11.5 Å². The van der Waals surface area contributed by atoms with Crippen LogP contribution in [0, 0.1) is 0 Å². The minimum Gasteiger partial charge on any atom is -0.438 e. The first kappa shape index (κ1) is 15.2. The first-order valence-corrected chi connectivity index (χ1v) is 9.10. The van der Waals surface area contributed by atoms with Crippen LogP contribution in [0.1, 0.15) is 22.3 Å². The Morgan fingerprint density at radius 2 is 0.893 bits per heavy atom. The van der Waals surface area contributed by atoms with Crippen molar-refractivity contribution in [2.45, 2.75) is 0 Å². The smallest absolute Gasteiger partial charge is 0.227 e. The zero-order valence-electron chi connectivity index (χ0n) is 14.8. The van der Waals surface area contributed by atoms with E-state index < -0.39 is 0 Å². The second-order valence-electron chi connectivity index (χ2n) is 6.66. The molecule has 0 radical (unpaired) electrons. The molecule has 28 heavy (non-hydrogen) atoms. The summed E-state index contributed by atoms with van der Waals surface area (Å²) in [7, 11) is 0. The minimum atomic E-state index is 0.609. The summed E-state index contributed by atoms with van der Waals surface area (Å²) in [6, 6.07) is 24.1. The van der Waals surface area contributed by atoms with Gasteiger partial charge in [-0.25, -0.2) is 9.97 Å². The Morgan fingerprint density at radius 3 is 1.39 bits per heavy atom. The molecule has 4 heterocycles. The van der Waals surface area contributed by atoms with E-state index in [2.05, 4.69) is 34.2 Å². The Hall–Kier alpha value is -3.92. The zero-order chi connectivity index (χ0) is 18.5. The normalized spacial score (nSPS) is 16.0. The van der Waals surface area contributed by atoms with E-state index in [4.69, 9.17) is 9.47 Å². The molecule has 0 unspecified atom stereocenters. The van der Waals surface area contributed by atoms with Gasteiger partial charge in [-0.2, -0.15) is 0 Å². The van der Waals surface area contributed by atoms with Gasteiger partial charge >= 0.3 is 0 Å². The number of benzene rings is 2. The molecular weight excluding hydrogens is 348 g/mol. The third kappa shape index (κ3) is 2.12. The molecule has 0 saturated carbocycles. The highest BCUT2D eigenvalue weighted by Gasteiger charge is 2.31. The lowest BCUT2D eigenvalue weighted by atomic mass is 9.84. The van der Waals surface area contributed by atoms with Crippen LogP contribution in [0.4, 0.5) is 0 Å². The van der Waals surface area contributed by atoms with E-state index in [1.165, 1.54) is 0 Å². The van der Waals surface area contributed by atoms with E-state index in [1.807, 2.05) is 48.5 Å². The number of pyridine rings is 2. The number of rotatable bonds is 0. The van der Waals surface area contributed by atoms with Gasteiger partial charge in [-0.3, -0.25) is 0 Å². The van der Waals surface area contributed by atoms with Crippen LogP contribution in [0.3, 0.4) is 0 Å². The minimum absolute atomic E-state index is 0.609. The highest BCUT2D eigenvalue weighted by molar-refractivity contribution is 6.09. The van der Waals surface area contributed by atoms with Gasteiger partial charge in [0.15, 0.2) is 0 Å². The monoisotopic (exact) mass is 362 g/mol. The second kappa shape index (κ2) is 5.79. The summed E-state index contributed by atoms with van der Waals surface area (Å²) in [6.07, 6.45) is 3.50. The van der Waals surface area contributed by atoms with Gasteiger partial charge in [-0.1, -0.05) is 36.4 Å². The summed E-state index contributed by atoms with van der Waals surface area (Å²) < 4.78 is 12.2. The lowest BCUT2D eigenvalue weighted by molar-refractivity contribution is 0.452. The van der Waals surface area contributed by atoms with Crippen molar-refractivity contribution in [3.8, 4) is 23.3 Å². The van der Waals surface area contributed by atoms with E-state index in [0.717, 1.165) is 44.9 Å². The van der Waals surface area contributed by atoms with E-state index in [1.54, 1.807) is 12.4 Å². The van der Waals surface area contributed by atoms with E-state index in [0.29, 0.717) is 11.8 Å². The van der Waals surface area contributed by atoms with Crippen LogP contribution < -0.4 is 9.47 Å². The summed E-state index contributed by atoms with van der Waals surface area (Å²) >= 11 is 0. The molecule has 0 spiro atoms. The number of fused-ring (bicyclic) bond motifs is 4. The van der Waals surface area contributed by atoms with Crippen molar-refractivity contribution in [3.05, 3.63) is 107 Å². The van der Waals surface area contributed by atoms with Crippen LogP contribution in [0.5, 0.6) is 23.3 Å². The molecule has 2 aromatic carbocycles. The lowest BCUT2D eigenvalue weighted by Gasteiger charge is -2.28. The van der Waals surface area contributed by atoms with Gasteiger partial charge in [-0.15, -0.1) is 0 Å². The molecule has 4 nitrogen and oxygen atoms in total. The molecule has 4 heteroatoms. The maximum atomic E-state index is 6.08. The third-order valence-corrected chi connectivity index (χ3v) is 5.06. The van der Waals surface area contributed by atoms with Crippen molar-refractivity contribution in [2.75, 3.05) is 0 Å². The molecule has 0 aliphatic carbocycles. The van der Waals surface area contributed by atoms with Crippen molar-refractivity contribution in [2.24, 2.45) is 0 Å². The second-order valence-corrected chi connectivity index (χ2v) is 6.66. The summed E-state index contributed by atoms with van der Waals surface area (Å²) in [5.41, 5.74) is 6.14. The van der Waals surface area contributed by atoms with Crippen LogP contribution in [0.15, 0.2) is 85.2 Å². The van der Waals surface area contributed by atoms with Crippen molar-refractivity contribution in [1.82, 2.24) is 9.97 Å². The number of para-hydroxylation sites is 2. The highest BCUT2D eigenvalue weighted by Crippen LogP contribution is 2.51. The van der Waals surface area contributed by atoms with Crippen molar-refractivity contribution < 1.29 is 9.47 Å². The molecule has 2 aliphatic heterocycles. The Balaban J connectivity index is 1.80. The SMILES string of the molecule is c1ccc2c(c1)Oc1ncccc1/C2=C1\c2ccccc2Oc2ncccc21. The molecule has 0 bridgehead atoms. The average molecular weight is 362 g/mol. The van der Waals surface area contributed by atoms with Gasteiger partial charge < -0.3 is 9.47 Å². The van der Waals surface area contributed by atoms with Gasteiger partial charge in [0.25, 0.3) is 0 Å². The quantitative estimate of drug-likeness (QED) is 0.348. The number of nitrogens with zero attached hydrogens (tertiary/aromatic N) is 2. The van der Waals surface area contributed by atoms with E-state index in [9.17, 15) is 0 Å². The van der Waals surface area contributed by atoms with Gasteiger partial charge in [-0.05, 0) is 36.4 Å². The Morgan fingerprint density at radius 1 is 0.464 bits per heavy atom. The van der Waals surface area contributed by atoms with Crippen LogP contribution in [0.2, 0.25) is 0 Å². The number of ether oxygens (including phenoxy) is 2. The van der Waals surface area contributed by atoms with Gasteiger partial charge in [0, 0.05) is 45.8 Å². The summed E-state index contributed by atoms with van der Waals surface area (Å²) in [5.74, 6) is 2.81. The van der Waals surface area contributed by atoms with Gasteiger partial charge in [0.2, 0.25) is 11.8 Å². The van der Waals surface area contributed by atoms with Gasteiger partial charge in [0.05, 0.1) is 0 Å². The molecule has 0 amide bonds. The maximum absolute atomic E-state index is 6.08. The van der Waals surface area contributed by atoms with E-state index >= 15 is 0 Å². The molecule has 132 valence electrons. The summed E-state index contributed by atoms with van der Waals surface area (Å²) in [6.45, 7) is 0. The Labute approximate surface area is 161 Å². The number of hydrogen-bond acceptors (Lipinski definition) is 4. The van der Waals surface area contributed by atoms with Crippen LogP contribution in [-0.2, 0) is 0 Å². The topological polar surface area (TPSA) is 44.2 Å². The average Bonchev–Trinajstić information content (AvgIpc) is 2.76. The van der Waals surface area contributed by atoms with Crippen LogP contribution in [0.25, 0.3) is 11.1 Å². The first-order valence-electron chi connectivity index (χ1n) is 9.10. The van der Waals surface area contributed by atoms with Crippen LogP contribution in [-0.4, -0.2) is 9.97 Å². The largest absolute Gasteiger partial charge is 0.438 e. The molecule has 2 aliphatic rings. The Kier molecular flexibility index (Phi) is 3.14. The maximum Gasteiger partial charge on any atom is 0.227 e. The third-order valence-electron chi connectivity index (χ3n) is 5.06. The number of hydrogen-bond donors (Lipinski definition) is 0. The highest BCUT2D eigenvalue weighted by atomic mass is 16.5.